The van der Waals surface area contributed by atoms with Crippen molar-refractivity contribution in [3.63, 3.8) is 0 Å². The molecule has 0 radical (unpaired) electrons. The second kappa shape index (κ2) is 33.5. The molecule has 5 rings (SSSR count). The average molecular weight is 1440 g/mol. The van der Waals surface area contributed by atoms with Gasteiger partial charge in [-0.2, -0.15) is 0 Å². The largest absolute Gasteiger partial charge is 0.469 e. The van der Waals surface area contributed by atoms with Crippen molar-refractivity contribution in [1.82, 2.24) is 0 Å². The lowest BCUT2D eigenvalue weighted by molar-refractivity contribution is -0.227. The summed E-state index contributed by atoms with van der Waals surface area (Å²) in [5.41, 5.74) is 2.47. The predicted octanol–water partition coefficient (Wildman–Crippen LogP) is 18.6. The monoisotopic (exact) mass is 1440 g/mol. The lowest BCUT2D eigenvalue weighted by Crippen LogP contribution is -2.68. The van der Waals surface area contributed by atoms with E-state index in [0.717, 1.165) is 30.4 Å². The lowest BCUT2D eigenvalue weighted by Gasteiger charge is -2.54. The van der Waals surface area contributed by atoms with Crippen LogP contribution in [-0.4, -0.2) is 166 Å². The van der Waals surface area contributed by atoms with Gasteiger partial charge in [-0.1, -0.05) is 154 Å². The molecule has 15 nitrogen and oxygen atoms in total. The van der Waals surface area contributed by atoms with Crippen LogP contribution in [0.3, 0.4) is 0 Å². The van der Waals surface area contributed by atoms with Gasteiger partial charge < -0.3 is 55.3 Å². The molecule has 0 saturated carbocycles. The summed E-state index contributed by atoms with van der Waals surface area (Å²) in [6, 6.07) is 9.04. The average Bonchev–Trinajstić information content (AvgIpc) is 1.13. The van der Waals surface area contributed by atoms with Gasteiger partial charge in [-0.15, -0.1) is 6.58 Å². The van der Waals surface area contributed by atoms with E-state index in [4.69, 9.17) is 55.3 Å². The maximum absolute atomic E-state index is 14.5. The van der Waals surface area contributed by atoms with Crippen molar-refractivity contribution in [2.75, 3.05) is 20.8 Å². The minimum Gasteiger partial charge on any atom is -0.469 e. The van der Waals surface area contributed by atoms with Crippen LogP contribution in [0.2, 0.25) is 90.7 Å². The zero-order valence-corrected chi connectivity index (χ0v) is 70.9. The Labute approximate surface area is 594 Å². The molecule has 1 aromatic rings. The van der Waals surface area contributed by atoms with Crippen molar-refractivity contribution in [1.29, 1.82) is 0 Å². The summed E-state index contributed by atoms with van der Waals surface area (Å²) in [5, 5.41) is -0.642. The molecule has 0 aromatic heterocycles. The summed E-state index contributed by atoms with van der Waals surface area (Å²) in [7, 11) is -9.17. The first-order chi connectivity index (χ1) is 44.3. The van der Waals surface area contributed by atoms with Crippen molar-refractivity contribution in [3.8, 4) is 0 Å². The molecule has 0 spiro atoms. The molecule has 0 bridgehead atoms. The van der Waals surface area contributed by atoms with Gasteiger partial charge in [-0.25, -0.2) is 4.79 Å². The standard InChI is InChI=1S/C77H136O15Si5/c1-32-36-61-68(88-72(80)54-37-34-33-35-38-54)70(91-96(28,29)76(14,15)16)71(92-97(30,31)77(17,18)19)69(87-61)62(90-95(26,27)75(11,12)13)43-40-55(78)39-41-56-46-52(3)60(84-56)44-42-57-45-51(2)53(4)63(85-57)49-64-59(48-66(79)81-20)67(82-21)65(86-64)47-58(89-94(24,25)74(8,9)10)50-83-93(22,23)73(5,6)7/h32-35,37-38,40,43,51,56-65,67-71H,1,3-4,36,39,41-42,44-50H2,2,5-31H3/t51-,56+,57+,58+,59+,60+,61+,62+,63-,64+,65-,67-,68+,69+,70+,71-/m1/s1. The van der Waals surface area contributed by atoms with E-state index in [-0.39, 0.29) is 104 Å². The highest BCUT2D eigenvalue weighted by atomic mass is 28.4. The summed E-state index contributed by atoms with van der Waals surface area (Å²) >= 11 is 0. The minimum absolute atomic E-state index is 0.0220. The van der Waals surface area contributed by atoms with Gasteiger partial charge >= 0.3 is 11.9 Å². The molecular formula is C77H136O15Si5. The van der Waals surface area contributed by atoms with Gasteiger partial charge in [0.2, 0.25) is 0 Å². The Balaban J connectivity index is 1.36. The van der Waals surface area contributed by atoms with Crippen molar-refractivity contribution in [2.45, 2.75) is 351 Å². The third-order valence-corrected chi connectivity index (χ3v) is 46.2. The number of hydrogen-bond acceptors (Lipinski definition) is 15. The second-order valence-corrected chi connectivity index (χ2v) is 60.2. The number of allylic oxidation sites excluding steroid dienone is 1. The van der Waals surface area contributed by atoms with E-state index < -0.39 is 90.3 Å². The van der Waals surface area contributed by atoms with Crippen LogP contribution in [0, 0.1) is 11.8 Å². The molecule has 0 N–H and O–H groups in total. The maximum atomic E-state index is 14.5. The van der Waals surface area contributed by atoms with Crippen LogP contribution < -0.4 is 0 Å². The molecule has 0 aliphatic carbocycles. The van der Waals surface area contributed by atoms with Crippen molar-refractivity contribution in [2.24, 2.45) is 11.8 Å². The number of methoxy groups -OCH3 is 2. The van der Waals surface area contributed by atoms with E-state index in [1.54, 1.807) is 31.4 Å². The number of esters is 2. The molecule has 554 valence electrons. The van der Waals surface area contributed by atoms with Crippen molar-refractivity contribution in [3.05, 3.63) is 85.0 Å². The molecule has 4 aliphatic heterocycles. The Hall–Kier alpha value is -2.53. The van der Waals surface area contributed by atoms with Gasteiger partial charge in [0, 0.05) is 32.3 Å². The zero-order valence-electron chi connectivity index (χ0n) is 65.9. The highest BCUT2D eigenvalue weighted by molar-refractivity contribution is 6.76. The number of carbonyl (C=O) groups excluding carboxylic acids is 3. The third-order valence-electron chi connectivity index (χ3n) is 23.8. The molecular weight excluding hydrogens is 1310 g/mol. The summed E-state index contributed by atoms with van der Waals surface area (Å²) in [4.78, 5) is 41.9. The first-order valence-electron chi connectivity index (χ1n) is 36.3. The molecule has 4 saturated heterocycles. The van der Waals surface area contributed by atoms with Crippen LogP contribution in [0.1, 0.15) is 185 Å². The number of hydrogen-bond donors (Lipinski definition) is 0. The van der Waals surface area contributed by atoms with Crippen LogP contribution in [0.5, 0.6) is 0 Å². The Morgan fingerprint density at radius 1 is 0.619 bits per heavy atom. The van der Waals surface area contributed by atoms with Crippen LogP contribution in [-0.2, 0) is 64.9 Å². The topological polar surface area (TPSA) is 162 Å². The molecule has 97 heavy (non-hydrogen) atoms. The fourth-order valence-electron chi connectivity index (χ4n) is 12.2. The van der Waals surface area contributed by atoms with Gasteiger partial charge in [0.15, 0.2) is 53.5 Å². The van der Waals surface area contributed by atoms with Gasteiger partial charge in [0.05, 0.1) is 80.6 Å². The van der Waals surface area contributed by atoms with Crippen LogP contribution in [0.15, 0.2) is 79.4 Å². The highest BCUT2D eigenvalue weighted by Crippen LogP contribution is 2.49. The van der Waals surface area contributed by atoms with Crippen molar-refractivity contribution < 1.29 is 69.7 Å². The third kappa shape index (κ3) is 22.5. The molecule has 4 fully saturated rings. The van der Waals surface area contributed by atoms with E-state index in [9.17, 15) is 14.4 Å². The number of rotatable bonds is 31. The second-order valence-electron chi connectivity index (χ2n) is 36.3. The highest BCUT2D eigenvalue weighted by Gasteiger charge is 2.58. The van der Waals surface area contributed by atoms with Crippen LogP contribution >= 0.6 is 0 Å². The predicted molar refractivity (Wildman–Crippen MR) is 406 cm³/mol. The van der Waals surface area contributed by atoms with Crippen molar-refractivity contribution >= 4 is 59.3 Å². The summed E-state index contributed by atoms with van der Waals surface area (Å²) in [6.45, 7) is 71.7. The Morgan fingerprint density at radius 2 is 1.16 bits per heavy atom. The quantitative estimate of drug-likeness (QED) is 0.0298. The van der Waals surface area contributed by atoms with E-state index in [1.165, 1.54) is 7.11 Å². The van der Waals surface area contributed by atoms with Gasteiger partial charge in [-0.3, -0.25) is 9.59 Å². The molecule has 0 unspecified atom stereocenters. The fraction of sp³-hybridized carbons (Fsp3) is 0.779. The molecule has 1 aromatic carbocycles. The fourth-order valence-corrected chi connectivity index (χ4v) is 18.4. The number of ketones is 1. The summed E-state index contributed by atoms with van der Waals surface area (Å²) < 4.78 is 83.2. The van der Waals surface area contributed by atoms with Crippen LogP contribution in [0.25, 0.3) is 0 Å². The molecule has 16 atom stereocenters. The normalized spacial score (nSPS) is 28.5. The maximum Gasteiger partial charge on any atom is 0.338 e. The Bertz CT molecular complexity index is 2800. The van der Waals surface area contributed by atoms with E-state index in [2.05, 4.69) is 196 Å². The van der Waals surface area contributed by atoms with Gasteiger partial charge in [-0.05, 0) is 164 Å². The Kier molecular flexibility index (Phi) is 29.4. The Morgan fingerprint density at radius 3 is 1.70 bits per heavy atom. The zero-order chi connectivity index (χ0) is 73.6. The van der Waals surface area contributed by atoms with Crippen LogP contribution in [0.4, 0.5) is 0 Å². The van der Waals surface area contributed by atoms with E-state index in [1.807, 2.05) is 24.3 Å². The van der Waals surface area contributed by atoms with Gasteiger partial charge in [0.1, 0.15) is 24.4 Å². The molecule has 0 amide bonds. The lowest BCUT2D eigenvalue weighted by atomic mass is 9.82. The summed E-state index contributed by atoms with van der Waals surface area (Å²) in [5.74, 6) is -0.943. The number of carbonyl (C=O) groups is 3. The number of ether oxygens (including phenoxy) is 7. The first-order valence-corrected chi connectivity index (χ1v) is 50.9. The molecule has 4 aliphatic rings. The van der Waals surface area contributed by atoms with Gasteiger partial charge in [0.25, 0.3) is 0 Å². The SMILES string of the molecule is C=CC[C@@H]1O[C@@H]([C@H](C=CC(=O)CC[C@H]2CC(=C)[C@H](CC[C@H]3C[C@@H](C)C(=C)[C@@H](C[C@@H]4O[C@H](C[C@@H](CO[Si](C)(C)C(C)(C)C)O[Si](C)(C)C(C)(C)C)[C@H](OC)[C@H]4CC(=O)OC)O3)O2)O[Si](C)(C)C(C)(C)C)[C@@H](O[Si](C)(C)C(C)(C)C)[C@@H](O[Si](C)(C)C(C)(C)C)[C@H]1OC(=O)c1ccccc1. The molecule has 20 heteroatoms. The smallest absolute Gasteiger partial charge is 0.338 e. The number of benzene rings is 1. The molecule has 4 heterocycles. The first kappa shape index (κ1) is 85.1. The van der Waals surface area contributed by atoms with E-state index >= 15 is 0 Å². The summed E-state index contributed by atoms with van der Waals surface area (Å²) in [6.07, 6.45) is 3.94. The van der Waals surface area contributed by atoms with E-state index in [0.29, 0.717) is 44.3 Å². The minimum atomic E-state index is -2.66.